The van der Waals surface area contributed by atoms with Crippen LogP contribution in [0.4, 0.5) is 0 Å². The molecule has 2 aliphatic rings. The van der Waals surface area contributed by atoms with Crippen LogP contribution in [0.2, 0.25) is 0 Å². The number of unbranched alkanes of at least 4 members (excludes halogenated alkanes) is 1. The van der Waals surface area contributed by atoms with Gasteiger partial charge in [-0.25, -0.2) is 0 Å². The summed E-state index contributed by atoms with van der Waals surface area (Å²) in [6.07, 6.45) is 5.89. The molecule has 2 aliphatic carbocycles. The fraction of sp³-hybridized carbons (Fsp3) is 0.923. The third-order valence-electron chi connectivity index (χ3n) is 4.49. The summed E-state index contributed by atoms with van der Waals surface area (Å²) >= 11 is 0. The third-order valence-corrected chi connectivity index (χ3v) is 4.49. The Hall–Kier alpha value is -0.280. The molecule has 1 amide bonds. The van der Waals surface area contributed by atoms with Crippen LogP contribution in [0.1, 0.15) is 39.0 Å². The lowest BCUT2D eigenvalue weighted by Gasteiger charge is -2.30. The molecule has 0 saturated heterocycles. The molecule has 3 nitrogen and oxygen atoms in total. The highest BCUT2D eigenvalue weighted by Crippen LogP contribution is 2.48. The highest BCUT2D eigenvalue weighted by atomic mass is 35.5. The van der Waals surface area contributed by atoms with Gasteiger partial charge < -0.3 is 10.6 Å². The van der Waals surface area contributed by atoms with Crippen LogP contribution in [-0.2, 0) is 4.79 Å². The number of carbonyl (C=O) groups excluding carboxylic acids is 1. The molecule has 0 aromatic carbocycles. The van der Waals surface area contributed by atoms with Gasteiger partial charge in [0.15, 0.2) is 0 Å². The number of hydrogen-bond acceptors (Lipinski definition) is 2. The van der Waals surface area contributed by atoms with Gasteiger partial charge in [-0.15, -0.1) is 12.4 Å². The van der Waals surface area contributed by atoms with Crippen molar-refractivity contribution in [1.29, 1.82) is 0 Å². The quantitative estimate of drug-likeness (QED) is 0.841. The maximum Gasteiger partial charge on any atom is 0.227 e. The number of nitrogens with two attached hydrogens (primary N) is 1. The van der Waals surface area contributed by atoms with E-state index in [1.54, 1.807) is 0 Å². The lowest BCUT2D eigenvalue weighted by atomic mass is 9.84. The minimum absolute atomic E-state index is 0. The molecule has 0 radical (unpaired) electrons. The molecular weight excluding hydrogens is 236 g/mol. The summed E-state index contributed by atoms with van der Waals surface area (Å²) in [7, 11) is 1.93. The van der Waals surface area contributed by atoms with E-state index < -0.39 is 0 Å². The van der Waals surface area contributed by atoms with Gasteiger partial charge in [0.25, 0.3) is 0 Å². The van der Waals surface area contributed by atoms with E-state index in [4.69, 9.17) is 5.73 Å². The first kappa shape index (κ1) is 14.8. The highest BCUT2D eigenvalue weighted by molar-refractivity contribution is 5.85. The van der Waals surface area contributed by atoms with Crippen molar-refractivity contribution >= 4 is 18.3 Å². The SMILES string of the molecule is CCCCN(C)C(=O)C1C2CCC(C2)C1N.Cl. The van der Waals surface area contributed by atoms with Crippen LogP contribution in [0.3, 0.4) is 0 Å². The van der Waals surface area contributed by atoms with Gasteiger partial charge in [-0.2, -0.15) is 0 Å². The Labute approximate surface area is 111 Å². The van der Waals surface area contributed by atoms with Crippen molar-refractivity contribution in [2.24, 2.45) is 23.5 Å². The molecule has 2 saturated carbocycles. The predicted molar refractivity (Wildman–Crippen MR) is 72.1 cm³/mol. The van der Waals surface area contributed by atoms with E-state index in [9.17, 15) is 4.79 Å². The number of rotatable bonds is 4. The molecule has 0 spiro atoms. The van der Waals surface area contributed by atoms with Crippen molar-refractivity contribution in [3.05, 3.63) is 0 Å². The Morgan fingerprint density at radius 3 is 2.53 bits per heavy atom. The number of nitrogens with zero attached hydrogens (tertiary/aromatic N) is 1. The van der Waals surface area contributed by atoms with E-state index in [2.05, 4.69) is 6.92 Å². The van der Waals surface area contributed by atoms with Gasteiger partial charge >= 0.3 is 0 Å². The zero-order chi connectivity index (χ0) is 11.7. The number of halogens is 1. The molecule has 4 atom stereocenters. The maximum atomic E-state index is 12.3. The van der Waals surface area contributed by atoms with Crippen LogP contribution in [0, 0.1) is 17.8 Å². The second-order valence-corrected chi connectivity index (χ2v) is 5.55. The molecule has 17 heavy (non-hydrogen) atoms. The van der Waals surface area contributed by atoms with Crippen LogP contribution in [0.5, 0.6) is 0 Å². The molecule has 2 bridgehead atoms. The standard InChI is InChI=1S/C13H24N2O.ClH/c1-3-4-7-15(2)13(16)11-9-5-6-10(8-9)12(11)14;/h9-12H,3-8,14H2,1-2H3;1H. The highest BCUT2D eigenvalue weighted by Gasteiger charge is 2.49. The number of carbonyl (C=O) groups is 1. The summed E-state index contributed by atoms with van der Waals surface area (Å²) in [5, 5.41) is 0. The van der Waals surface area contributed by atoms with Gasteiger partial charge in [0.05, 0.1) is 5.92 Å². The van der Waals surface area contributed by atoms with Crippen LogP contribution in [0.25, 0.3) is 0 Å². The molecule has 0 aromatic rings. The molecule has 100 valence electrons. The lowest BCUT2D eigenvalue weighted by molar-refractivity contribution is -0.136. The topological polar surface area (TPSA) is 46.3 Å². The molecular formula is C13H25ClN2O. The predicted octanol–water partition coefficient (Wildman–Crippen LogP) is 2.04. The maximum absolute atomic E-state index is 12.3. The molecule has 2 rings (SSSR count). The Balaban J connectivity index is 0.00000144. The summed E-state index contributed by atoms with van der Waals surface area (Å²) in [5.74, 6) is 1.63. The van der Waals surface area contributed by atoms with E-state index in [0.29, 0.717) is 17.7 Å². The first-order valence-corrected chi connectivity index (χ1v) is 6.65. The fourth-order valence-corrected chi connectivity index (χ4v) is 3.46. The number of fused-ring (bicyclic) bond motifs is 2. The summed E-state index contributed by atoms with van der Waals surface area (Å²) in [6.45, 7) is 3.04. The summed E-state index contributed by atoms with van der Waals surface area (Å²) in [4.78, 5) is 14.2. The number of hydrogen-bond donors (Lipinski definition) is 1. The van der Waals surface area contributed by atoms with Crippen molar-refractivity contribution in [3.8, 4) is 0 Å². The summed E-state index contributed by atoms with van der Waals surface area (Å²) in [6, 6.07) is 0.135. The van der Waals surface area contributed by atoms with E-state index >= 15 is 0 Å². The lowest BCUT2D eigenvalue weighted by Crippen LogP contribution is -2.46. The van der Waals surface area contributed by atoms with Crippen molar-refractivity contribution in [2.45, 2.75) is 45.1 Å². The van der Waals surface area contributed by atoms with Crippen molar-refractivity contribution in [1.82, 2.24) is 4.90 Å². The molecule has 4 unspecified atom stereocenters. The Bertz CT molecular complexity index is 270. The van der Waals surface area contributed by atoms with Crippen molar-refractivity contribution < 1.29 is 4.79 Å². The Morgan fingerprint density at radius 1 is 1.35 bits per heavy atom. The first-order valence-electron chi connectivity index (χ1n) is 6.65. The van der Waals surface area contributed by atoms with Gasteiger partial charge in [0.1, 0.15) is 0 Å². The normalized spacial score (nSPS) is 34.5. The van der Waals surface area contributed by atoms with Crippen LogP contribution in [-0.4, -0.2) is 30.4 Å². The van der Waals surface area contributed by atoms with Gasteiger partial charge in [-0.1, -0.05) is 13.3 Å². The van der Waals surface area contributed by atoms with Gasteiger partial charge in [0, 0.05) is 19.6 Å². The van der Waals surface area contributed by atoms with Crippen LogP contribution < -0.4 is 5.73 Å². The Morgan fingerprint density at radius 2 is 2.00 bits per heavy atom. The zero-order valence-corrected chi connectivity index (χ0v) is 11.7. The van der Waals surface area contributed by atoms with Crippen molar-refractivity contribution in [3.63, 3.8) is 0 Å². The van der Waals surface area contributed by atoms with Gasteiger partial charge in [0.2, 0.25) is 5.91 Å². The zero-order valence-electron chi connectivity index (χ0n) is 10.9. The van der Waals surface area contributed by atoms with E-state index in [1.165, 1.54) is 19.3 Å². The van der Waals surface area contributed by atoms with Crippen LogP contribution >= 0.6 is 12.4 Å². The second kappa shape index (κ2) is 6.05. The van der Waals surface area contributed by atoms with E-state index in [-0.39, 0.29) is 24.4 Å². The first-order chi connectivity index (χ1) is 7.65. The van der Waals surface area contributed by atoms with Crippen molar-refractivity contribution in [2.75, 3.05) is 13.6 Å². The average molecular weight is 261 g/mol. The molecule has 0 heterocycles. The largest absolute Gasteiger partial charge is 0.345 e. The molecule has 2 fully saturated rings. The smallest absolute Gasteiger partial charge is 0.227 e. The summed E-state index contributed by atoms with van der Waals surface area (Å²) in [5.41, 5.74) is 6.18. The fourth-order valence-electron chi connectivity index (χ4n) is 3.46. The van der Waals surface area contributed by atoms with E-state index in [0.717, 1.165) is 19.4 Å². The van der Waals surface area contributed by atoms with E-state index in [1.807, 2.05) is 11.9 Å². The molecule has 0 aliphatic heterocycles. The minimum Gasteiger partial charge on any atom is -0.345 e. The summed E-state index contributed by atoms with van der Waals surface area (Å²) < 4.78 is 0. The number of amides is 1. The van der Waals surface area contributed by atoms with Gasteiger partial charge in [-0.3, -0.25) is 4.79 Å². The molecule has 0 aromatic heterocycles. The monoisotopic (exact) mass is 260 g/mol. The second-order valence-electron chi connectivity index (χ2n) is 5.55. The average Bonchev–Trinajstić information content (AvgIpc) is 2.85. The third kappa shape index (κ3) is 2.76. The minimum atomic E-state index is 0. The molecule has 4 heteroatoms. The van der Waals surface area contributed by atoms with Gasteiger partial charge in [-0.05, 0) is 37.5 Å². The molecule has 2 N–H and O–H groups in total. The Kier molecular flexibility index (Phi) is 5.26. The van der Waals surface area contributed by atoms with Crippen LogP contribution in [0.15, 0.2) is 0 Å².